The molecule has 1 nitrogen and oxygen atoms in total. The summed E-state index contributed by atoms with van der Waals surface area (Å²) in [5, 5.41) is 0. The van der Waals surface area contributed by atoms with Gasteiger partial charge in [-0.25, -0.2) is 0 Å². The Hall–Kier alpha value is -1.89. The van der Waals surface area contributed by atoms with Crippen LogP contribution in [0.3, 0.4) is 0 Å². The third-order valence-electron chi connectivity index (χ3n) is 4.57. The van der Waals surface area contributed by atoms with E-state index in [1.165, 1.54) is 36.8 Å². The Morgan fingerprint density at radius 3 is 2.14 bits per heavy atom. The summed E-state index contributed by atoms with van der Waals surface area (Å²) in [6.45, 7) is 0. The number of carbonyl (C=O) groups is 1. The van der Waals surface area contributed by atoms with Crippen molar-refractivity contribution < 1.29 is 4.79 Å². The van der Waals surface area contributed by atoms with E-state index in [-0.39, 0.29) is 0 Å². The third-order valence-corrected chi connectivity index (χ3v) is 4.57. The van der Waals surface area contributed by atoms with E-state index in [2.05, 4.69) is 24.3 Å². The molecule has 1 fully saturated rings. The van der Waals surface area contributed by atoms with Gasteiger partial charge < -0.3 is 0 Å². The molecule has 0 atom stereocenters. The number of ketones is 1. The monoisotopic (exact) mass is 278 g/mol. The lowest BCUT2D eigenvalue weighted by molar-refractivity contribution is 0.0974. The number of benzene rings is 2. The van der Waals surface area contributed by atoms with Gasteiger partial charge in [-0.1, -0.05) is 80.3 Å². The Bertz CT molecular complexity index is 577. The summed E-state index contributed by atoms with van der Waals surface area (Å²) >= 11 is 0. The van der Waals surface area contributed by atoms with Crippen LogP contribution in [0.4, 0.5) is 0 Å². The molecule has 21 heavy (non-hydrogen) atoms. The molecule has 0 unspecified atom stereocenters. The molecule has 0 saturated heterocycles. The molecular formula is C20H22O. The Morgan fingerprint density at radius 2 is 1.48 bits per heavy atom. The summed E-state index contributed by atoms with van der Waals surface area (Å²) in [5.74, 6) is 1.08. The van der Waals surface area contributed by atoms with Gasteiger partial charge in [-0.15, -0.1) is 0 Å². The number of hydrogen-bond acceptors (Lipinski definition) is 1. The minimum atomic E-state index is 0.293. The summed E-state index contributed by atoms with van der Waals surface area (Å²) < 4.78 is 0. The molecule has 1 aliphatic carbocycles. The maximum atomic E-state index is 12.2. The number of Topliss-reactive ketones (excluding diaryl/α,β-unsaturated/α-hetero) is 1. The van der Waals surface area contributed by atoms with Crippen molar-refractivity contribution in [2.75, 3.05) is 0 Å². The van der Waals surface area contributed by atoms with Crippen LogP contribution in [0.1, 0.15) is 48.9 Å². The van der Waals surface area contributed by atoms with E-state index < -0.39 is 0 Å². The number of hydrogen-bond donors (Lipinski definition) is 0. The summed E-state index contributed by atoms with van der Waals surface area (Å²) in [4.78, 5) is 12.2. The van der Waals surface area contributed by atoms with Gasteiger partial charge >= 0.3 is 0 Å². The predicted molar refractivity (Wildman–Crippen MR) is 87.4 cm³/mol. The lowest BCUT2D eigenvalue weighted by Gasteiger charge is -2.08. The van der Waals surface area contributed by atoms with E-state index >= 15 is 0 Å². The Balaban J connectivity index is 1.62. The molecule has 1 aliphatic rings. The van der Waals surface area contributed by atoms with Gasteiger partial charge in [0.25, 0.3) is 0 Å². The second-order valence-corrected chi connectivity index (χ2v) is 6.06. The molecule has 0 radical (unpaired) electrons. The van der Waals surface area contributed by atoms with Crippen molar-refractivity contribution in [3.05, 3.63) is 60.2 Å². The van der Waals surface area contributed by atoms with Crippen LogP contribution < -0.4 is 0 Å². The van der Waals surface area contributed by atoms with Crippen LogP contribution in [-0.2, 0) is 0 Å². The molecular weight excluding hydrogens is 256 g/mol. The molecule has 3 rings (SSSR count). The maximum absolute atomic E-state index is 12.2. The third kappa shape index (κ3) is 3.60. The highest BCUT2D eigenvalue weighted by Crippen LogP contribution is 2.29. The average molecular weight is 278 g/mol. The molecule has 0 heterocycles. The van der Waals surface area contributed by atoms with Gasteiger partial charge in [-0.2, -0.15) is 0 Å². The zero-order valence-corrected chi connectivity index (χ0v) is 12.4. The quantitative estimate of drug-likeness (QED) is 0.659. The predicted octanol–water partition coefficient (Wildman–Crippen LogP) is 5.51. The van der Waals surface area contributed by atoms with Crippen molar-refractivity contribution >= 4 is 5.78 Å². The first-order chi connectivity index (χ1) is 10.3. The van der Waals surface area contributed by atoms with Crippen LogP contribution in [0.25, 0.3) is 11.1 Å². The zero-order chi connectivity index (χ0) is 14.5. The van der Waals surface area contributed by atoms with Crippen LogP contribution in [0, 0.1) is 5.92 Å². The van der Waals surface area contributed by atoms with E-state index in [0.717, 1.165) is 17.9 Å². The lowest BCUT2D eigenvalue weighted by atomic mass is 9.96. The molecule has 1 saturated carbocycles. The van der Waals surface area contributed by atoms with Crippen LogP contribution >= 0.6 is 0 Å². The fourth-order valence-corrected chi connectivity index (χ4v) is 3.26. The highest BCUT2D eigenvalue weighted by atomic mass is 16.1. The molecule has 0 amide bonds. The normalized spacial score (nSPS) is 15.2. The van der Waals surface area contributed by atoms with E-state index in [0.29, 0.717) is 12.2 Å². The second kappa shape index (κ2) is 6.71. The average Bonchev–Trinajstić information content (AvgIpc) is 3.07. The first-order valence-corrected chi connectivity index (χ1v) is 8.01. The van der Waals surface area contributed by atoms with Crippen molar-refractivity contribution in [2.45, 2.75) is 38.5 Å². The fraction of sp³-hybridized carbons (Fsp3) is 0.350. The van der Waals surface area contributed by atoms with Crippen LogP contribution in [-0.4, -0.2) is 5.78 Å². The maximum Gasteiger partial charge on any atom is 0.162 e. The minimum Gasteiger partial charge on any atom is -0.294 e. The van der Waals surface area contributed by atoms with Gasteiger partial charge in [0.1, 0.15) is 0 Å². The van der Waals surface area contributed by atoms with Gasteiger partial charge in [0.05, 0.1) is 0 Å². The van der Waals surface area contributed by atoms with E-state index in [1.807, 2.05) is 30.3 Å². The molecule has 2 aromatic rings. The van der Waals surface area contributed by atoms with Crippen LogP contribution in [0.5, 0.6) is 0 Å². The Morgan fingerprint density at radius 1 is 0.857 bits per heavy atom. The molecule has 0 N–H and O–H groups in total. The SMILES string of the molecule is O=C(CCC1CCCC1)c1ccc(-c2ccccc2)cc1. The van der Waals surface area contributed by atoms with Gasteiger partial charge in [-0.3, -0.25) is 4.79 Å². The topological polar surface area (TPSA) is 17.1 Å². The Kier molecular flexibility index (Phi) is 4.49. The fourth-order valence-electron chi connectivity index (χ4n) is 3.26. The highest BCUT2D eigenvalue weighted by Gasteiger charge is 2.16. The first kappa shape index (κ1) is 14.1. The first-order valence-electron chi connectivity index (χ1n) is 8.01. The standard InChI is InChI=1S/C20H22O/c21-20(15-10-16-6-4-5-7-16)19-13-11-18(12-14-19)17-8-2-1-3-9-17/h1-3,8-9,11-14,16H,4-7,10,15H2. The zero-order valence-electron chi connectivity index (χ0n) is 12.4. The van der Waals surface area contributed by atoms with Crippen LogP contribution in [0.15, 0.2) is 54.6 Å². The lowest BCUT2D eigenvalue weighted by Crippen LogP contribution is -2.02. The molecule has 0 spiro atoms. The van der Waals surface area contributed by atoms with Gasteiger partial charge in [0, 0.05) is 12.0 Å². The van der Waals surface area contributed by atoms with Crippen molar-refractivity contribution in [3.8, 4) is 11.1 Å². The van der Waals surface area contributed by atoms with Gasteiger partial charge in [0.2, 0.25) is 0 Å². The van der Waals surface area contributed by atoms with E-state index in [1.54, 1.807) is 0 Å². The summed E-state index contributed by atoms with van der Waals surface area (Å²) in [6, 6.07) is 18.3. The summed E-state index contributed by atoms with van der Waals surface area (Å²) in [6.07, 6.45) is 7.12. The minimum absolute atomic E-state index is 0.293. The molecule has 0 aromatic heterocycles. The van der Waals surface area contributed by atoms with Gasteiger partial charge in [-0.05, 0) is 23.5 Å². The number of carbonyl (C=O) groups excluding carboxylic acids is 1. The molecule has 2 aromatic carbocycles. The van der Waals surface area contributed by atoms with E-state index in [4.69, 9.17) is 0 Å². The van der Waals surface area contributed by atoms with Crippen molar-refractivity contribution in [1.29, 1.82) is 0 Å². The summed E-state index contributed by atoms with van der Waals surface area (Å²) in [5.41, 5.74) is 3.22. The number of rotatable bonds is 5. The van der Waals surface area contributed by atoms with Crippen LogP contribution in [0.2, 0.25) is 0 Å². The second-order valence-electron chi connectivity index (χ2n) is 6.06. The molecule has 0 aliphatic heterocycles. The molecule has 108 valence electrons. The van der Waals surface area contributed by atoms with Gasteiger partial charge in [0.15, 0.2) is 5.78 Å². The van der Waals surface area contributed by atoms with Crippen molar-refractivity contribution in [2.24, 2.45) is 5.92 Å². The highest BCUT2D eigenvalue weighted by molar-refractivity contribution is 5.96. The molecule has 0 bridgehead atoms. The van der Waals surface area contributed by atoms with Crippen molar-refractivity contribution in [1.82, 2.24) is 0 Å². The van der Waals surface area contributed by atoms with Crippen molar-refractivity contribution in [3.63, 3.8) is 0 Å². The van der Waals surface area contributed by atoms with E-state index in [9.17, 15) is 4.79 Å². The largest absolute Gasteiger partial charge is 0.294 e. The molecule has 1 heteroatoms. The Labute approximate surface area is 127 Å². The summed E-state index contributed by atoms with van der Waals surface area (Å²) in [7, 11) is 0. The smallest absolute Gasteiger partial charge is 0.162 e.